The van der Waals surface area contributed by atoms with Crippen LogP contribution in [0.1, 0.15) is 25.0 Å². The molecule has 1 aliphatic rings. The maximum absolute atomic E-state index is 5.35. The van der Waals surface area contributed by atoms with Crippen LogP contribution < -0.4 is 0 Å². The van der Waals surface area contributed by atoms with E-state index in [0.717, 1.165) is 28.1 Å². The van der Waals surface area contributed by atoms with Crippen LogP contribution in [-0.4, -0.2) is 9.97 Å². The quantitative estimate of drug-likeness (QED) is 0.130. The molecule has 0 saturated carbocycles. The summed E-state index contributed by atoms with van der Waals surface area (Å²) >= 11 is 0. The number of benzene rings is 9. The summed E-state index contributed by atoms with van der Waals surface area (Å²) in [6, 6.07) is 70.2. The van der Waals surface area contributed by atoms with E-state index in [0.29, 0.717) is 5.82 Å². The van der Waals surface area contributed by atoms with Crippen LogP contribution in [0.25, 0.3) is 99.6 Å². The Morgan fingerprint density at radius 3 is 1.75 bits per heavy atom. The third kappa shape index (κ3) is 5.40. The molecule has 0 atom stereocenters. The lowest BCUT2D eigenvalue weighted by Gasteiger charge is -2.21. The molecular formula is C55H38N2. The summed E-state index contributed by atoms with van der Waals surface area (Å²) in [5, 5.41) is 7.54. The molecule has 10 aromatic rings. The Labute approximate surface area is 332 Å². The van der Waals surface area contributed by atoms with Crippen molar-refractivity contribution in [3.8, 4) is 67.3 Å². The summed E-state index contributed by atoms with van der Waals surface area (Å²) in [4.78, 5) is 10.6. The fraction of sp³-hybridized carbons (Fsp3) is 0.0545. The molecule has 1 heterocycles. The van der Waals surface area contributed by atoms with Gasteiger partial charge in [-0.3, -0.25) is 0 Å². The minimum Gasteiger partial charge on any atom is -0.228 e. The second kappa shape index (κ2) is 13.0. The second-order valence-electron chi connectivity index (χ2n) is 15.7. The SMILES string of the molecule is CC1(C)c2ccccc2-c2c(-c3cc(-c4ccc(-c5c6ccccc6cc6c5ccc5ccccc56)cc4)nc(-c4ccc(-c5ccccc5)cc4)n3)cccc21. The Hall–Kier alpha value is -7.16. The molecule has 0 N–H and O–H groups in total. The van der Waals surface area contributed by atoms with E-state index in [-0.39, 0.29) is 5.41 Å². The molecule has 0 spiro atoms. The molecular weight excluding hydrogens is 689 g/mol. The third-order valence-electron chi connectivity index (χ3n) is 12.1. The summed E-state index contributed by atoms with van der Waals surface area (Å²) in [7, 11) is 0. The predicted molar refractivity (Wildman–Crippen MR) is 239 cm³/mol. The van der Waals surface area contributed by atoms with Gasteiger partial charge in [-0.25, -0.2) is 9.97 Å². The number of rotatable bonds is 5. The average molecular weight is 727 g/mol. The molecule has 11 rings (SSSR count). The molecule has 0 amide bonds. The van der Waals surface area contributed by atoms with Crippen molar-refractivity contribution in [3.63, 3.8) is 0 Å². The molecule has 57 heavy (non-hydrogen) atoms. The van der Waals surface area contributed by atoms with Crippen molar-refractivity contribution in [1.82, 2.24) is 9.97 Å². The molecule has 0 bridgehead atoms. The Morgan fingerprint density at radius 1 is 0.333 bits per heavy atom. The lowest BCUT2D eigenvalue weighted by molar-refractivity contribution is 0.660. The highest BCUT2D eigenvalue weighted by atomic mass is 14.9. The van der Waals surface area contributed by atoms with Gasteiger partial charge in [-0.2, -0.15) is 0 Å². The number of hydrogen-bond acceptors (Lipinski definition) is 2. The third-order valence-corrected chi connectivity index (χ3v) is 12.1. The number of aromatic nitrogens is 2. The van der Waals surface area contributed by atoms with Gasteiger partial charge < -0.3 is 0 Å². The molecule has 0 saturated heterocycles. The number of nitrogens with zero attached hydrogens (tertiary/aromatic N) is 2. The summed E-state index contributed by atoms with van der Waals surface area (Å²) < 4.78 is 0. The first-order valence-corrected chi connectivity index (χ1v) is 19.7. The first-order chi connectivity index (χ1) is 28.0. The molecule has 2 nitrogen and oxygen atoms in total. The minimum atomic E-state index is -0.109. The Bertz CT molecular complexity index is 3180. The van der Waals surface area contributed by atoms with Crippen molar-refractivity contribution in [2.75, 3.05) is 0 Å². The zero-order chi connectivity index (χ0) is 38.1. The van der Waals surface area contributed by atoms with E-state index < -0.39 is 0 Å². The van der Waals surface area contributed by atoms with E-state index >= 15 is 0 Å². The van der Waals surface area contributed by atoms with Gasteiger partial charge in [-0.15, -0.1) is 0 Å². The van der Waals surface area contributed by atoms with Gasteiger partial charge in [-0.05, 0) is 89.0 Å². The highest BCUT2D eigenvalue weighted by molar-refractivity contribution is 6.20. The molecule has 0 aliphatic heterocycles. The van der Waals surface area contributed by atoms with Crippen molar-refractivity contribution in [2.24, 2.45) is 0 Å². The van der Waals surface area contributed by atoms with Crippen molar-refractivity contribution in [1.29, 1.82) is 0 Å². The van der Waals surface area contributed by atoms with E-state index in [1.807, 2.05) is 0 Å². The van der Waals surface area contributed by atoms with Gasteiger partial charge in [0.05, 0.1) is 11.4 Å². The summed E-state index contributed by atoms with van der Waals surface area (Å²) in [6.45, 7) is 4.66. The van der Waals surface area contributed by atoms with Crippen LogP contribution >= 0.6 is 0 Å². The van der Waals surface area contributed by atoms with E-state index in [1.165, 1.54) is 76.8 Å². The average Bonchev–Trinajstić information content (AvgIpc) is 3.51. The first-order valence-electron chi connectivity index (χ1n) is 19.7. The molecule has 9 aromatic carbocycles. The smallest absolute Gasteiger partial charge is 0.160 e. The highest BCUT2D eigenvalue weighted by Crippen LogP contribution is 2.52. The van der Waals surface area contributed by atoms with Gasteiger partial charge in [0.2, 0.25) is 0 Å². The molecule has 0 fully saturated rings. The lowest BCUT2D eigenvalue weighted by atomic mass is 9.82. The topological polar surface area (TPSA) is 25.8 Å². The molecule has 0 unspecified atom stereocenters. The van der Waals surface area contributed by atoms with Gasteiger partial charge in [-0.1, -0.05) is 196 Å². The fourth-order valence-corrected chi connectivity index (χ4v) is 9.21. The fourth-order valence-electron chi connectivity index (χ4n) is 9.21. The van der Waals surface area contributed by atoms with E-state index in [4.69, 9.17) is 9.97 Å². The summed E-state index contributed by atoms with van der Waals surface area (Å²) in [5.41, 5.74) is 14.9. The molecule has 1 aromatic heterocycles. The van der Waals surface area contributed by atoms with Crippen LogP contribution in [0, 0.1) is 0 Å². The maximum Gasteiger partial charge on any atom is 0.160 e. The van der Waals surface area contributed by atoms with Gasteiger partial charge >= 0.3 is 0 Å². The normalized spacial score (nSPS) is 12.9. The van der Waals surface area contributed by atoms with E-state index in [9.17, 15) is 0 Å². The molecule has 0 radical (unpaired) electrons. The molecule has 268 valence electrons. The van der Waals surface area contributed by atoms with Crippen LogP contribution in [0.4, 0.5) is 0 Å². The highest BCUT2D eigenvalue weighted by Gasteiger charge is 2.36. The lowest BCUT2D eigenvalue weighted by Crippen LogP contribution is -2.14. The van der Waals surface area contributed by atoms with Crippen molar-refractivity contribution >= 4 is 32.3 Å². The summed E-state index contributed by atoms with van der Waals surface area (Å²) in [6.07, 6.45) is 0. The summed E-state index contributed by atoms with van der Waals surface area (Å²) in [5.74, 6) is 0.709. The van der Waals surface area contributed by atoms with E-state index in [2.05, 4.69) is 208 Å². The van der Waals surface area contributed by atoms with Crippen LogP contribution in [-0.2, 0) is 5.41 Å². The Morgan fingerprint density at radius 2 is 0.930 bits per heavy atom. The van der Waals surface area contributed by atoms with Gasteiger partial charge in [0.15, 0.2) is 5.82 Å². The zero-order valence-electron chi connectivity index (χ0n) is 31.9. The van der Waals surface area contributed by atoms with Crippen LogP contribution in [0.15, 0.2) is 194 Å². The molecule has 2 heteroatoms. The van der Waals surface area contributed by atoms with Crippen LogP contribution in [0.5, 0.6) is 0 Å². The maximum atomic E-state index is 5.35. The van der Waals surface area contributed by atoms with Gasteiger partial charge in [0, 0.05) is 22.1 Å². The first kappa shape index (κ1) is 33.2. The van der Waals surface area contributed by atoms with Crippen molar-refractivity contribution < 1.29 is 0 Å². The minimum absolute atomic E-state index is 0.109. The second-order valence-corrected chi connectivity index (χ2v) is 15.7. The van der Waals surface area contributed by atoms with Crippen LogP contribution in [0.2, 0.25) is 0 Å². The van der Waals surface area contributed by atoms with Crippen molar-refractivity contribution in [2.45, 2.75) is 19.3 Å². The van der Waals surface area contributed by atoms with Gasteiger partial charge in [0.25, 0.3) is 0 Å². The monoisotopic (exact) mass is 726 g/mol. The van der Waals surface area contributed by atoms with Crippen LogP contribution in [0.3, 0.4) is 0 Å². The Kier molecular flexibility index (Phi) is 7.55. The zero-order valence-corrected chi connectivity index (χ0v) is 31.9. The largest absolute Gasteiger partial charge is 0.228 e. The number of fused-ring (bicyclic) bond motifs is 7. The van der Waals surface area contributed by atoms with Gasteiger partial charge in [0.1, 0.15) is 0 Å². The molecule has 1 aliphatic carbocycles. The Balaban J connectivity index is 1.08. The van der Waals surface area contributed by atoms with Crippen molar-refractivity contribution in [3.05, 3.63) is 205 Å². The standard InChI is InChI=1S/C55H38N2/c1-55(2)48-21-11-10-19-45(48)53-46(20-12-22-49(53)55)51-34-50(56-54(57-51)40-29-23-36(24-30-40)35-13-4-3-5-14-35)38-25-27-39(28-26-38)52-43-18-9-7-16-41(43)33-47-42-17-8-6-15-37(42)31-32-44(47)52/h3-34H,1-2H3. The predicted octanol–water partition coefficient (Wildman–Crippen LogP) is 14.6. The number of hydrogen-bond donors (Lipinski definition) is 0. The van der Waals surface area contributed by atoms with E-state index in [1.54, 1.807) is 0 Å².